The molecule has 0 aromatic heterocycles. The van der Waals surface area contributed by atoms with Gasteiger partial charge in [-0.05, 0) is 0 Å². The quantitative estimate of drug-likeness (QED) is 0.208. The summed E-state index contributed by atoms with van der Waals surface area (Å²) in [7, 11) is 0. The van der Waals surface area contributed by atoms with E-state index >= 15 is 0 Å². The third kappa shape index (κ3) is 562. The molecule has 0 heterocycles. The first-order chi connectivity index (χ1) is 6.00. The van der Waals surface area contributed by atoms with E-state index in [1.54, 1.807) is 0 Å². The van der Waals surface area contributed by atoms with Crippen molar-refractivity contribution >= 4 is 0 Å². The molecule has 0 fully saturated rings. The summed E-state index contributed by atoms with van der Waals surface area (Å²) in [5, 5.41) is 0. The maximum absolute atomic E-state index is 8.63. The van der Waals surface area contributed by atoms with E-state index in [2.05, 4.69) is 0 Å². The van der Waals surface area contributed by atoms with Crippen molar-refractivity contribution in [3.63, 3.8) is 0 Å². The third-order valence-corrected chi connectivity index (χ3v) is 0. The van der Waals surface area contributed by atoms with Gasteiger partial charge in [-0.1, -0.05) is 0 Å². The van der Waals surface area contributed by atoms with Gasteiger partial charge in [-0.15, -0.1) is 0 Å². The second-order valence-corrected chi connectivity index (χ2v) is 7.25. The van der Waals surface area contributed by atoms with Crippen molar-refractivity contribution in [1.82, 2.24) is 0 Å². The molecule has 0 aliphatic carbocycles. The van der Waals surface area contributed by atoms with Crippen molar-refractivity contribution in [2.75, 3.05) is 0 Å². The zero-order chi connectivity index (χ0) is 13.5. The fourth-order valence-electron chi connectivity index (χ4n) is 0. The van der Waals surface area contributed by atoms with Gasteiger partial charge in [-0.2, -0.15) is 0 Å². The SMILES string of the molecule is [Dy+3].[Dy+3].[O]=[Mo](=[O])([O-])[O-].[O]=[Mo](=[O])([O-])[O-].[O]=[Mo](=[O])([O-])[O-]. The average molecular weight is 805 g/mol. The molecule has 0 aromatic rings. The molecule has 0 bridgehead atoms. The molecule has 0 aliphatic rings. The molecule has 0 rings (SSSR count). The van der Waals surface area contributed by atoms with Crippen LogP contribution in [0.5, 0.6) is 0 Å². The monoisotopic (exact) mass is 814 g/mol. The first kappa shape index (κ1) is 32.2. The molecule has 2 radical (unpaired) electrons. The molecule has 0 unspecified atom stereocenters. The molecule has 0 aliphatic heterocycles. The zero-order valence-electron chi connectivity index (χ0n) is 6.76. The van der Waals surface area contributed by atoms with Crippen molar-refractivity contribution in [1.29, 1.82) is 0 Å². The predicted molar refractivity (Wildman–Crippen MR) is 4.12 cm³/mol. The van der Waals surface area contributed by atoms with Gasteiger partial charge in [0.15, 0.2) is 0 Å². The predicted octanol–water partition coefficient (Wildman–Crippen LogP) is -7.85. The molecule has 0 saturated carbocycles. The Bertz CT molecular complexity index is 341. The average Bonchev–Trinajstić information content (AvgIpc) is 1.41. The van der Waals surface area contributed by atoms with Crippen LogP contribution in [0.3, 0.4) is 0 Å². The summed E-state index contributed by atoms with van der Waals surface area (Å²) in [6.07, 6.45) is 0. The van der Waals surface area contributed by atoms with Crippen LogP contribution in [-0.2, 0) is 70.6 Å². The minimum atomic E-state index is -6.02. The standard InChI is InChI=1S/2Dy.3Mo.12O/q2*+3;;;;;;;;;;6*-1. The number of hydrogen-bond acceptors (Lipinski definition) is 12. The van der Waals surface area contributed by atoms with Crippen molar-refractivity contribution in [2.45, 2.75) is 0 Å². The van der Waals surface area contributed by atoms with Crippen LogP contribution in [0.1, 0.15) is 0 Å². The van der Waals surface area contributed by atoms with E-state index < -0.39 is 50.2 Å². The van der Waals surface area contributed by atoms with Crippen molar-refractivity contribution in [2.24, 2.45) is 0 Å². The van der Waals surface area contributed by atoms with Crippen LogP contribution in [0, 0.1) is 76.3 Å². The molecule has 0 amide bonds. The fraction of sp³-hybridized carbons (Fsp3) is 0. The Morgan fingerprint density at radius 3 is 0.412 bits per heavy atom. The molecule has 12 nitrogen and oxygen atoms in total. The molecule has 0 N–H and O–H groups in total. The van der Waals surface area contributed by atoms with Gasteiger partial charge < -0.3 is 0 Å². The molecule has 17 heteroatoms. The minimum absolute atomic E-state index is 0. The van der Waals surface area contributed by atoms with Gasteiger partial charge in [-0.25, -0.2) is 0 Å². The Hall–Kier alpha value is 3.17. The van der Waals surface area contributed by atoms with E-state index in [1.807, 2.05) is 0 Å². The van der Waals surface area contributed by atoms with E-state index in [1.165, 1.54) is 0 Å². The Morgan fingerprint density at radius 1 is 0.412 bits per heavy atom. The Kier molecular flexibility index (Phi) is 26.8. The first-order valence-electron chi connectivity index (χ1n) is 2.00. The Balaban J connectivity index is -0.0000000400. The second kappa shape index (κ2) is 14.1. The number of hydrogen-bond donors (Lipinski definition) is 0. The van der Waals surface area contributed by atoms with Crippen LogP contribution in [0.25, 0.3) is 0 Å². The summed E-state index contributed by atoms with van der Waals surface area (Å²) in [6, 6.07) is 0. The van der Waals surface area contributed by atoms with Gasteiger partial charge in [0, 0.05) is 0 Å². The molecule has 17 heavy (non-hydrogen) atoms. The van der Waals surface area contributed by atoms with E-state index in [0.29, 0.717) is 0 Å². The van der Waals surface area contributed by atoms with Gasteiger partial charge in [0.2, 0.25) is 0 Å². The molecule has 0 aromatic carbocycles. The Morgan fingerprint density at radius 2 is 0.412 bits per heavy atom. The Labute approximate surface area is 166 Å². The van der Waals surface area contributed by atoms with Gasteiger partial charge in [-0.3, -0.25) is 0 Å². The molecule has 0 atom stereocenters. The summed E-state index contributed by atoms with van der Waals surface area (Å²) in [5.74, 6) is 0. The second-order valence-electron chi connectivity index (χ2n) is 1.22. The van der Waals surface area contributed by atoms with Gasteiger partial charge in [0.1, 0.15) is 0 Å². The van der Waals surface area contributed by atoms with Crippen LogP contribution >= 0.6 is 0 Å². The van der Waals surface area contributed by atoms with Crippen LogP contribution in [0.4, 0.5) is 0 Å². The molecule has 110 valence electrons. The third-order valence-electron chi connectivity index (χ3n) is 0. The van der Waals surface area contributed by atoms with Crippen LogP contribution in [0.15, 0.2) is 0 Å². The van der Waals surface area contributed by atoms with Crippen LogP contribution in [0.2, 0.25) is 0 Å². The molecular formula is Dy2Mo3O12. The molecule has 0 spiro atoms. The maximum atomic E-state index is 8.63. The summed E-state index contributed by atoms with van der Waals surface area (Å²) in [5.41, 5.74) is 0. The summed E-state index contributed by atoms with van der Waals surface area (Å²) in [6.45, 7) is 0. The van der Waals surface area contributed by atoms with Crippen LogP contribution in [-0.4, -0.2) is 0 Å². The normalized spacial score (nSPS) is 10.2. The van der Waals surface area contributed by atoms with Gasteiger partial charge in [0.05, 0.1) is 0 Å². The topological polar surface area (TPSA) is 241 Å². The van der Waals surface area contributed by atoms with E-state index in [9.17, 15) is 0 Å². The van der Waals surface area contributed by atoms with Crippen LogP contribution < -0.4 is 22.6 Å². The molecular weight excluding hydrogens is 805 g/mol. The van der Waals surface area contributed by atoms with Crippen molar-refractivity contribution in [3.05, 3.63) is 0 Å². The summed E-state index contributed by atoms with van der Waals surface area (Å²) >= 11 is -18.1. The van der Waals surface area contributed by atoms with E-state index in [4.69, 9.17) is 42.9 Å². The summed E-state index contributed by atoms with van der Waals surface area (Å²) in [4.78, 5) is 0. The van der Waals surface area contributed by atoms with Crippen molar-refractivity contribution < 1.29 is 170 Å². The van der Waals surface area contributed by atoms with Gasteiger partial charge in [0.25, 0.3) is 0 Å². The fourth-order valence-corrected chi connectivity index (χ4v) is 0. The van der Waals surface area contributed by atoms with E-state index in [0.717, 1.165) is 0 Å². The number of rotatable bonds is 0. The first-order valence-corrected chi connectivity index (χ1v) is 11.8. The summed E-state index contributed by atoms with van der Waals surface area (Å²) < 4.78 is 104. The van der Waals surface area contributed by atoms with Gasteiger partial charge >= 0.3 is 170 Å². The zero-order valence-corrected chi connectivity index (χ0v) is 16.8. The van der Waals surface area contributed by atoms with Crippen molar-refractivity contribution in [3.8, 4) is 0 Å². The van der Waals surface area contributed by atoms with E-state index in [-0.39, 0.29) is 76.3 Å². The molecule has 0 saturated heterocycles.